The minimum Gasteiger partial charge on any atom is -0.476 e. The lowest BCUT2D eigenvalue weighted by atomic mass is 10.1. The van der Waals surface area contributed by atoms with Crippen molar-refractivity contribution in [3.05, 3.63) is 17.0 Å². The summed E-state index contributed by atoms with van der Waals surface area (Å²) >= 11 is 0. The van der Waals surface area contributed by atoms with Crippen LogP contribution in [0.4, 0.5) is 0 Å². The minimum absolute atomic E-state index is 0.0570. The van der Waals surface area contributed by atoms with Crippen LogP contribution in [0.25, 0.3) is 0 Å². The van der Waals surface area contributed by atoms with Crippen molar-refractivity contribution in [2.45, 2.75) is 13.0 Å². The summed E-state index contributed by atoms with van der Waals surface area (Å²) in [5.41, 5.74) is 0.780. The fraction of sp³-hybridized carbons (Fsp3) is 0.500. The van der Waals surface area contributed by atoms with Crippen molar-refractivity contribution in [2.24, 2.45) is 0 Å². The highest BCUT2D eigenvalue weighted by atomic mass is 16.5. The van der Waals surface area contributed by atoms with Gasteiger partial charge in [0.1, 0.15) is 5.76 Å². The van der Waals surface area contributed by atoms with Gasteiger partial charge in [-0.2, -0.15) is 0 Å². The number of carboxylic acid groups (broad SMARTS) is 1. The molecular weight excluding hydrogens is 172 g/mol. The molecule has 0 saturated carbocycles. The Balaban J connectivity index is 2.41. The molecule has 0 fully saturated rings. The Hall–Kier alpha value is -1.36. The van der Waals surface area contributed by atoms with Gasteiger partial charge in [-0.25, -0.2) is 4.79 Å². The van der Waals surface area contributed by atoms with E-state index in [0.717, 1.165) is 24.3 Å². The molecule has 1 aromatic rings. The molecule has 1 aliphatic rings. The van der Waals surface area contributed by atoms with Gasteiger partial charge in [-0.3, -0.25) is 0 Å². The third-order valence-corrected chi connectivity index (χ3v) is 2.22. The van der Waals surface area contributed by atoms with Gasteiger partial charge in [0.25, 0.3) is 0 Å². The maximum absolute atomic E-state index is 10.7. The third-order valence-electron chi connectivity index (χ3n) is 2.22. The van der Waals surface area contributed by atoms with Crippen LogP contribution in [0.5, 0.6) is 0 Å². The molecule has 0 unspecified atom stereocenters. The molecule has 0 amide bonds. The molecule has 1 N–H and O–H groups in total. The maximum atomic E-state index is 10.7. The van der Waals surface area contributed by atoms with Crippen LogP contribution in [0.1, 0.15) is 21.8 Å². The van der Waals surface area contributed by atoms with Gasteiger partial charge in [0.2, 0.25) is 0 Å². The van der Waals surface area contributed by atoms with Crippen LogP contribution in [0.2, 0.25) is 0 Å². The number of carbonyl (C=O) groups is 1. The van der Waals surface area contributed by atoms with E-state index in [1.165, 1.54) is 0 Å². The van der Waals surface area contributed by atoms with Gasteiger partial charge in [-0.1, -0.05) is 5.16 Å². The van der Waals surface area contributed by atoms with Gasteiger partial charge in [-0.05, 0) is 7.05 Å². The lowest BCUT2D eigenvalue weighted by molar-refractivity contribution is 0.0684. The number of aromatic nitrogens is 1. The molecule has 0 atom stereocenters. The van der Waals surface area contributed by atoms with Gasteiger partial charge < -0.3 is 14.5 Å². The van der Waals surface area contributed by atoms with E-state index in [1.807, 2.05) is 11.9 Å². The van der Waals surface area contributed by atoms with Crippen molar-refractivity contribution in [1.29, 1.82) is 0 Å². The molecule has 0 aliphatic carbocycles. The van der Waals surface area contributed by atoms with Crippen LogP contribution in [-0.2, 0) is 13.0 Å². The summed E-state index contributed by atoms with van der Waals surface area (Å²) in [6.07, 6.45) is 0.742. The van der Waals surface area contributed by atoms with E-state index in [-0.39, 0.29) is 5.69 Å². The molecular formula is C8H10N2O3. The van der Waals surface area contributed by atoms with Crippen LogP contribution < -0.4 is 0 Å². The fourth-order valence-corrected chi connectivity index (χ4v) is 1.51. The number of fused-ring (bicyclic) bond motifs is 1. The van der Waals surface area contributed by atoms with E-state index in [9.17, 15) is 4.79 Å². The summed E-state index contributed by atoms with van der Waals surface area (Å²) in [5, 5.41) is 12.3. The molecule has 2 heterocycles. The molecule has 5 heteroatoms. The molecule has 5 nitrogen and oxygen atoms in total. The van der Waals surface area contributed by atoms with Crippen LogP contribution in [0.15, 0.2) is 4.52 Å². The normalized spacial score (nSPS) is 17.0. The topological polar surface area (TPSA) is 66.6 Å². The van der Waals surface area contributed by atoms with Crippen molar-refractivity contribution in [3.8, 4) is 0 Å². The van der Waals surface area contributed by atoms with E-state index < -0.39 is 5.97 Å². The summed E-state index contributed by atoms with van der Waals surface area (Å²) in [7, 11) is 1.95. The average Bonchev–Trinajstić information content (AvgIpc) is 2.46. The van der Waals surface area contributed by atoms with Crippen LogP contribution in [0, 0.1) is 0 Å². The Bertz CT molecular complexity index is 345. The van der Waals surface area contributed by atoms with Crippen molar-refractivity contribution >= 4 is 5.97 Å². The predicted octanol–water partition coefficient (Wildman–Crippen LogP) is 0.361. The summed E-state index contributed by atoms with van der Waals surface area (Å²) in [6.45, 7) is 1.50. The number of hydrogen-bond acceptors (Lipinski definition) is 4. The van der Waals surface area contributed by atoms with Crippen molar-refractivity contribution in [2.75, 3.05) is 13.6 Å². The monoisotopic (exact) mass is 182 g/mol. The second kappa shape index (κ2) is 2.85. The second-order valence-electron chi connectivity index (χ2n) is 3.23. The zero-order valence-electron chi connectivity index (χ0n) is 7.28. The SMILES string of the molecule is CN1CCc2onc(C(=O)O)c2C1. The zero-order chi connectivity index (χ0) is 9.42. The Morgan fingerprint density at radius 3 is 3.15 bits per heavy atom. The maximum Gasteiger partial charge on any atom is 0.358 e. The Morgan fingerprint density at radius 1 is 1.69 bits per heavy atom. The van der Waals surface area contributed by atoms with E-state index in [0.29, 0.717) is 6.54 Å². The zero-order valence-corrected chi connectivity index (χ0v) is 7.28. The van der Waals surface area contributed by atoms with E-state index >= 15 is 0 Å². The first-order valence-corrected chi connectivity index (χ1v) is 4.07. The summed E-state index contributed by atoms with van der Waals surface area (Å²) < 4.78 is 4.94. The van der Waals surface area contributed by atoms with Gasteiger partial charge in [0, 0.05) is 25.1 Å². The smallest absolute Gasteiger partial charge is 0.358 e. The number of nitrogens with zero attached hydrogens (tertiary/aromatic N) is 2. The van der Waals surface area contributed by atoms with Crippen molar-refractivity contribution in [1.82, 2.24) is 10.1 Å². The Morgan fingerprint density at radius 2 is 2.46 bits per heavy atom. The van der Waals surface area contributed by atoms with Crippen molar-refractivity contribution < 1.29 is 14.4 Å². The number of aromatic carboxylic acids is 1. The third kappa shape index (κ3) is 1.31. The molecule has 0 spiro atoms. The predicted molar refractivity (Wildman–Crippen MR) is 43.5 cm³/mol. The molecule has 1 aliphatic heterocycles. The lowest BCUT2D eigenvalue weighted by Crippen LogP contribution is -2.26. The standard InChI is InChI=1S/C8H10N2O3/c1-10-3-2-6-5(4-10)7(8(11)12)9-13-6/h2-4H2,1H3,(H,11,12). The lowest BCUT2D eigenvalue weighted by Gasteiger charge is -2.20. The number of hydrogen-bond donors (Lipinski definition) is 1. The van der Waals surface area contributed by atoms with Crippen LogP contribution >= 0.6 is 0 Å². The Labute approximate surface area is 74.9 Å². The summed E-state index contributed by atoms with van der Waals surface area (Å²) in [5.74, 6) is -0.296. The number of likely N-dealkylation sites (N-methyl/N-ethyl adjacent to an activating group) is 1. The van der Waals surface area contributed by atoms with E-state index in [4.69, 9.17) is 9.63 Å². The van der Waals surface area contributed by atoms with Crippen molar-refractivity contribution in [3.63, 3.8) is 0 Å². The average molecular weight is 182 g/mol. The van der Waals surface area contributed by atoms with Gasteiger partial charge in [0.15, 0.2) is 5.69 Å². The highest BCUT2D eigenvalue weighted by molar-refractivity contribution is 5.87. The van der Waals surface area contributed by atoms with Gasteiger partial charge in [0.05, 0.1) is 0 Å². The summed E-state index contributed by atoms with van der Waals surface area (Å²) in [6, 6.07) is 0. The van der Waals surface area contributed by atoms with E-state index in [1.54, 1.807) is 0 Å². The molecule has 0 radical (unpaired) electrons. The molecule has 13 heavy (non-hydrogen) atoms. The van der Waals surface area contributed by atoms with Crippen LogP contribution in [0.3, 0.4) is 0 Å². The molecule has 1 aromatic heterocycles. The Kier molecular flexibility index (Phi) is 1.81. The second-order valence-corrected chi connectivity index (χ2v) is 3.23. The first kappa shape index (κ1) is 8.25. The quantitative estimate of drug-likeness (QED) is 0.679. The van der Waals surface area contributed by atoms with Crippen LogP contribution in [-0.4, -0.2) is 34.7 Å². The molecule has 0 bridgehead atoms. The van der Waals surface area contributed by atoms with E-state index in [2.05, 4.69) is 5.16 Å². The van der Waals surface area contributed by atoms with Gasteiger partial charge >= 0.3 is 5.97 Å². The first-order valence-electron chi connectivity index (χ1n) is 4.07. The summed E-state index contributed by atoms with van der Waals surface area (Å²) in [4.78, 5) is 12.7. The molecule has 0 aromatic carbocycles. The molecule has 70 valence electrons. The first-order chi connectivity index (χ1) is 6.18. The number of rotatable bonds is 1. The minimum atomic E-state index is -1.01. The number of carboxylic acids is 1. The van der Waals surface area contributed by atoms with Gasteiger partial charge in [-0.15, -0.1) is 0 Å². The highest BCUT2D eigenvalue weighted by Crippen LogP contribution is 2.21. The largest absolute Gasteiger partial charge is 0.476 e. The molecule has 2 rings (SSSR count). The fourth-order valence-electron chi connectivity index (χ4n) is 1.51. The highest BCUT2D eigenvalue weighted by Gasteiger charge is 2.25. The molecule has 0 saturated heterocycles.